The van der Waals surface area contributed by atoms with Gasteiger partial charge in [-0.05, 0) is 19.9 Å². The van der Waals surface area contributed by atoms with Crippen LogP contribution in [0.3, 0.4) is 0 Å². The Bertz CT molecular complexity index is 803. The SMILES string of the molecule is Cc1cc(C)nc(C2CN(c3ncc([N+](=O)[O-])cc3C#N)C2)n1. The van der Waals surface area contributed by atoms with Gasteiger partial charge in [0.2, 0.25) is 0 Å². The highest BCUT2D eigenvalue weighted by molar-refractivity contribution is 5.59. The van der Waals surface area contributed by atoms with Gasteiger partial charge in [-0.3, -0.25) is 10.1 Å². The minimum Gasteiger partial charge on any atom is -0.354 e. The molecule has 0 saturated carbocycles. The Morgan fingerprint density at radius 2 is 1.96 bits per heavy atom. The van der Waals surface area contributed by atoms with Crippen molar-refractivity contribution in [2.45, 2.75) is 19.8 Å². The van der Waals surface area contributed by atoms with Crippen molar-refractivity contribution in [2.24, 2.45) is 0 Å². The molecular formula is C15H14N6O2. The standard InChI is InChI=1S/C15H14N6O2/c1-9-3-10(2)19-14(18-9)12-7-20(8-12)15-11(5-16)4-13(6-17-15)21(22)23/h3-4,6,12H,7-8H2,1-2H3. The van der Waals surface area contributed by atoms with Crippen LogP contribution in [0.15, 0.2) is 18.3 Å². The number of nitro groups is 1. The van der Waals surface area contributed by atoms with Crippen molar-refractivity contribution in [1.82, 2.24) is 15.0 Å². The van der Waals surface area contributed by atoms with E-state index in [2.05, 4.69) is 15.0 Å². The van der Waals surface area contributed by atoms with Gasteiger partial charge in [0.05, 0.1) is 10.8 Å². The van der Waals surface area contributed by atoms with Crippen LogP contribution in [-0.4, -0.2) is 33.0 Å². The van der Waals surface area contributed by atoms with Gasteiger partial charge in [0.1, 0.15) is 29.5 Å². The van der Waals surface area contributed by atoms with Crippen molar-refractivity contribution in [3.8, 4) is 6.07 Å². The van der Waals surface area contributed by atoms with E-state index in [9.17, 15) is 15.4 Å². The molecule has 116 valence electrons. The maximum Gasteiger partial charge on any atom is 0.289 e. The summed E-state index contributed by atoms with van der Waals surface area (Å²) in [6, 6.07) is 5.15. The Morgan fingerprint density at radius 3 is 2.52 bits per heavy atom. The minimum atomic E-state index is -0.556. The van der Waals surface area contributed by atoms with Crippen molar-refractivity contribution < 1.29 is 4.92 Å². The fraction of sp³-hybridized carbons (Fsp3) is 0.333. The van der Waals surface area contributed by atoms with Gasteiger partial charge in [-0.15, -0.1) is 0 Å². The Morgan fingerprint density at radius 1 is 1.30 bits per heavy atom. The number of nitrogens with zero attached hydrogens (tertiary/aromatic N) is 6. The molecule has 1 fully saturated rings. The van der Waals surface area contributed by atoms with Gasteiger partial charge in [-0.25, -0.2) is 15.0 Å². The largest absolute Gasteiger partial charge is 0.354 e. The number of aromatic nitrogens is 3. The summed E-state index contributed by atoms with van der Waals surface area (Å²) in [5, 5.41) is 19.9. The lowest BCUT2D eigenvalue weighted by Crippen LogP contribution is -2.46. The van der Waals surface area contributed by atoms with E-state index in [1.54, 1.807) is 0 Å². The van der Waals surface area contributed by atoms with Crippen LogP contribution in [0.2, 0.25) is 0 Å². The van der Waals surface area contributed by atoms with E-state index in [1.165, 1.54) is 12.3 Å². The van der Waals surface area contributed by atoms with E-state index in [0.29, 0.717) is 18.9 Å². The first-order chi connectivity index (χ1) is 11.0. The zero-order valence-electron chi connectivity index (χ0n) is 12.7. The molecule has 3 heterocycles. The summed E-state index contributed by atoms with van der Waals surface area (Å²) < 4.78 is 0. The monoisotopic (exact) mass is 310 g/mol. The first-order valence-corrected chi connectivity index (χ1v) is 7.09. The number of nitriles is 1. The van der Waals surface area contributed by atoms with Crippen LogP contribution in [0.1, 0.15) is 28.7 Å². The molecular weight excluding hydrogens is 296 g/mol. The number of rotatable bonds is 3. The predicted octanol–water partition coefficient (Wildman–Crippen LogP) is 1.87. The van der Waals surface area contributed by atoms with Crippen LogP contribution in [0, 0.1) is 35.3 Å². The number of pyridine rings is 1. The maximum absolute atomic E-state index is 10.8. The summed E-state index contributed by atoms with van der Waals surface area (Å²) in [6.07, 6.45) is 1.18. The summed E-state index contributed by atoms with van der Waals surface area (Å²) in [4.78, 5) is 25.1. The Balaban J connectivity index is 1.79. The van der Waals surface area contributed by atoms with Crippen LogP contribution < -0.4 is 4.90 Å². The molecule has 0 aliphatic carbocycles. The summed E-state index contributed by atoms with van der Waals surface area (Å²) >= 11 is 0. The van der Waals surface area contributed by atoms with Gasteiger partial charge in [-0.2, -0.15) is 5.26 Å². The van der Waals surface area contributed by atoms with E-state index in [4.69, 9.17) is 0 Å². The molecule has 8 nitrogen and oxygen atoms in total. The molecule has 1 aliphatic rings. The summed E-state index contributed by atoms with van der Waals surface area (Å²) in [5.74, 6) is 1.44. The number of hydrogen-bond acceptors (Lipinski definition) is 7. The molecule has 0 radical (unpaired) electrons. The van der Waals surface area contributed by atoms with E-state index < -0.39 is 4.92 Å². The second-order valence-electron chi connectivity index (χ2n) is 5.54. The van der Waals surface area contributed by atoms with Crippen molar-refractivity contribution in [1.29, 1.82) is 5.26 Å². The molecule has 1 aliphatic heterocycles. The average molecular weight is 310 g/mol. The zero-order valence-corrected chi connectivity index (χ0v) is 12.7. The second-order valence-corrected chi connectivity index (χ2v) is 5.54. The molecule has 0 unspecified atom stereocenters. The lowest BCUT2D eigenvalue weighted by molar-refractivity contribution is -0.385. The third kappa shape index (κ3) is 2.81. The van der Waals surface area contributed by atoms with E-state index in [1.807, 2.05) is 30.9 Å². The topological polar surface area (TPSA) is 109 Å². The van der Waals surface area contributed by atoms with E-state index in [-0.39, 0.29) is 17.2 Å². The summed E-state index contributed by atoms with van der Waals surface area (Å²) in [7, 11) is 0. The fourth-order valence-electron chi connectivity index (χ4n) is 2.63. The Labute approximate surface area is 132 Å². The fourth-order valence-corrected chi connectivity index (χ4v) is 2.63. The number of hydrogen-bond donors (Lipinski definition) is 0. The Hall–Kier alpha value is -3.08. The average Bonchev–Trinajstić information content (AvgIpc) is 2.44. The number of aryl methyl sites for hydroxylation is 2. The van der Waals surface area contributed by atoms with Crippen molar-refractivity contribution in [3.63, 3.8) is 0 Å². The third-order valence-electron chi connectivity index (χ3n) is 3.73. The van der Waals surface area contributed by atoms with Crippen LogP contribution >= 0.6 is 0 Å². The quantitative estimate of drug-likeness (QED) is 0.628. The molecule has 0 bridgehead atoms. The van der Waals surface area contributed by atoms with Crippen LogP contribution in [0.25, 0.3) is 0 Å². The van der Waals surface area contributed by atoms with E-state index in [0.717, 1.165) is 17.2 Å². The first-order valence-electron chi connectivity index (χ1n) is 7.09. The lowest BCUT2D eigenvalue weighted by atomic mass is 9.98. The van der Waals surface area contributed by atoms with E-state index >= 15 is 0 Å². The molecule has 0 spiro atoms. The first kappa shape index (κ1) is 14.8. The van der Waals surface area contributed by atoms with Gasteiger partial charge in [-0.1, -0.05) is 0 Å². The van der Waals surface area contributed by atoms with Crippen LogP contribution in [0.4, 0.5) is 11.5 Å². The van der Waals surface area contributed by atoms with Crippen molar-refractivity contribution >= 4 is 11.5 Å². The lowest BCUT2D eigenvalue weighted by Gasteiger charge is -2.39. The van der Waals surface area contributed by atoms with Crippen molar-refractivity contribution in [2.75, 3.05) is 18.0 Å². The molecule has 0 atom stereocenters. The highest BCUT2D eigenvalue weighted by Gasteiger charge is 2.33. The highest BCUT2D eigenvalue weighted by atomic mass is 16.6. The highest BCUT2D eigenvalue weighted by Crippen LogP contribution is 2.32. The molecule has 8 heteroatoms. The summed E-state index contributed by atoms with van der Waals surface area (Å²) in [5.41, 5.74) is 1.88. The molecule has 2 aromatic rings. The smallest absolute Gasteiger partial charge is 0.289 e. The van der Waals surface area contributed by atoms with Crippen molar-refractivity contribution in [3.05, 3.63) is 51.2 Å². The molecule has 3 rings (SSSR count). The number of anilines is 1. The zero-order chi connectivity index (χ0) is 16.6. The molecule has 2 aromatic heterocycles. The molecule has 0 amide bonds. The minimum absolute atomic E-state index is 0.178. The van der Waals surface area contributed by atoms with Gasteiger partial charge in [0.25, 0.3) is 5.69 Å². The molecule has 0 N–H and O–H groups in total. The molecule has 23 heavy (non-hydrogen) atoms. The predicted molar refractivity (Wildman–Crippen MR) is 82.1 cm³/mol. The third-order valence-corrected chi connectivity index (χ3v) is 3.73. The molecule has 0 aromatic carbocycles. The van der Waals surface area contributed by atoms with Gasteiger partial charge < -0.3 is 4.90 Å². The van der Waals surface area contributed by atoms with Gasteiger partial charge >= 0.3 is 0 Å². The molecule has 1 saturated heterocycles. The Kier molecular flexibility index (Phi) is 3.62. The maximum atomic E-state index is 10.8. The second kappa shape index (κ2) is 5.61. The van der Waals surface area contributed by atoms with Crippen LogP contribution in [0.5, 0.6) is 0 Å². The normalized spacial score (nSPS) is 14.2. The van der Waals surface area contributed by atoms with Crippen LogP contribution in [-0.2, 0) is 0 Å². The van der Waals surface area contributed by atoms with Gasteiger partial charge in [0, 0.05) is 30.5 Å². The van der Waals surface area contributed by atoms with Gasteiger partial charge in [0.15, 0.2) is 0 Å². The summed E-state index contributed by atoms with van der Waals surface area (Å²) in [6.45, 7) is 5.14.